The molecule has 0 aliphatic heterocycles. The summed E-state index contributed by atoms with van der Waals surface area (Å²) in [6.45, 7) is 5.38. The van der Waals surface area contributed by atoms with Crippen LogP contribution < -0.4 is 5.32 Å². The molecular formula is C23H28N2O4. The first kappa shape index (κ1) is 22.1. The molecule has 2 aromatic rings. The van der Waals surface area contributed by atoms with Crippen molar-refractivity contribution < 1.29 is 19.1 Å². The Morgan fingerprint density at radius 3 is 2.34 bits per heavy atom. The van der Waals surface area contributed by atoms with Crippen LogP contribution in [0.15, 0.2) is 54.6 Å². The zero-order valence-corrected chi connectivity index (χ0v) is 17.0. The Bertz CT molecular complexity index is 817. The molecule has 2 aromatic carbocycles. The van der Waals surface area contributed by atoms with Gasteiger partial charge in [0, 0.05) is 37.2 Å². The number of anilines is 1. The Labute approximate surface area is 171 Å². The second-order valence-corrected chi connectivity index (χ2v) is 6.56. The minimum atomic E-state index is -0.401. The van der Waals surface area contributed by atoms with Gasteiger partial charge in [0.15, 0.2) is 0 Å². The number of hydrogen-bond acceptors (Lipinski definition) is 4. The van der Waals surface area contributed by atoms with E-state index in [1.54, 1.807) is 29.2 Å². The van der Waals surface area contributed by atoms with Crippen LogP contribution in [0.2, 0.25) is 0 Å². The highest BCUT2D eigenvalue weighted by atomic mass is 16.5. The molecule has 2 amide bonds. The summed E-state index contributed by atoms with van der Waals surface area (Å²) >= 11 is 0. The van der Waals surface area contributed by atoms with Gasteiger partial charge in [0.25, 0.3) is 5.91 Å². The number of esters is 1. The molecule has 29 heavy (non-hydrogen) atoms. The minimum Gasteiger partial charge on any atom is -0.465 e. The van der Waals surface area contributed by atoms with Gasteiger partial charge in [-0.1, -0.05) is 36.4 Å². The quantitative estimate of drug-likeness (QED) is 0.622. The summed E-state index contributed by atoms with van der Waals surface area (Å²) in [6, 6.07) is 16.6. The smallest absolute Gasteiger partial charge is 0.306 e. The predicted molar refractivity (Wildman–Crippen MR) is 113 cm³/mol. The van der Waals surface area contributed by atoms with Crippen molar-refractivity contribution in [1.82, 2.24) is 4.90 Å². The van der Waals surface area contributed by atoms with Gasteiger partial charge < -0.3 is 15.0 Å². The molecule has 0 heterocycles. The molecule has 6 heteroatoms. The van der Waals surface area contributed by atoms with Crippen LogP contribution in [-0.4, -0.2) is 42.4 Å². The molecule has 154 valence electrons. The van der Waals surface area contributed by atoms with E-state index in [-0.39, 0.29) is 24.7 Å². The van der Waals surface area contributed by atoms with Crippen molar-refractivity contribution in [2.45, 2.75) is 33.1 Å². The lowest BCUT2D eigenvalue weighted by atomic mass is 10.1. The van der Waals surface area contributed by atoms with Crippen molar-refractivity contribution in [3.8, 4) is 0 Å². The van der Waals surface area contributed by atoms with Gasteiger partial charge >= 0.3 is 5.97 Å². The molecule has 2 rings (SSSR count). The lowest BCUT2D eigenvalue weighted by Gasteiger charge is -2.19. The zero-order chi connectivity index (χ0) is 21.1. The van der Waals surface area contributed by atoms with Crippen molar-refractivity contribution in [3.05, 3.63) is 65.7 Å². The molecule has 0 radical (unpaired) electrons. The number of nitrogens with zero attached hydrogens (tertiary/aromatic N) is 1. The summed E-state index contributed by atoms with van der Waals surface area (Å²) in [6.07, 6.45) is 0.684. The Morgan fingerprint density at radius 2 is 1.66 bits per heavy atom. The maximum absolute atomic E-state index is 12.4. The van der Waals surface area contributed by atoms with Crippen LogP contribution >= 0.6 is 0 Å². The fourth-order valence-corrected chi connectivity index (χ4v) is 2.86. The van der Waals surface area contributed by atoms with Gasteiger partial charge in [0.1, 0.15) is 0 Å². The zero-order valence-electron chi connectivity index (χ0n) is 17.0. The van der Waals surface area contributed by atoms with Crippen LogP contribution in [0, 0.1) is 0 Å². The number of amides is 2. The normalized spacial score (nSPS) is 10.3. The second-order valence-electron chi connectivity index (χ2n) is 6.56. The van der Waals surface area contributed by atoms with Gasteiger partial charge in [0.05, 0.1) is 13.0 Å². The largest absolute Gasteiger partial charge is 0.465 e. The summed E-state index contributed by atoms with van der Waals surface area (Å²) < 4.78 is 5.18. The average molecular weight is 396 g/mol. The predicted octanol–water partition coefficient (Wildman–Crippen LogP) is 3.67. The van der Waals surface area contributed by atoms with E-state index in [9.17, 15) is 14.4 Å². The fraction of sp³-hybridized carbons (Fsp3) is 0.348. The van der Waals surface area contributed by atoms with Crippen molar-refractivity contribution in [2.24, 2.45) is 0 Å². The molecule has 0 spiro atoms. The molecule has 0 saturated carbocycles. The van der Waals surface area contributed by atoms with Gasteiger partial charge in [-0.15, -0.1) is 0 Å². The third-order valence-electron chi connectivity index (χ3n) is 4.50. The van der Waals surface area contributed by atoms with E-state index in [0.717, 1.165) is 5.56 Å². The van der Waals surface area contributed by atoms with Crippen LogP contribution in [0.5, 0.6) is 0 Å². The van der Waals surface area contributed by atoms with E-state index in [0.29, 0.717) is 37.4 Å². The van der Waals surface area contributed by atoms with Crippen LogP contribution in [0.4, 0.5) is 5.69 Å². The lowest BCUT2D eigenvalue weighted by molar-refractivity contribution is -0.144. The van der Waals surface area contributed by atoms with Crippen molar-refractivity contribution in [2.75, 3.05) is 25.0 Å². The van der Waals surface area contributed by atoms with E-state index in [1.807, 2.05) is 44.2 Å². The number of nitrogens with one attached hydrogen (secondary N) is 1. The highest BCUT2D eigenvalue weighted by Gasteiger charge is 2.14. The number of carbonyl (C=O) groups excluding carboxylic acids is 3. The monoisotopic (exact) mass is 396 g/mol. The lowest BCUT2D eigenvalue weighted by Crippen LogP contribution is -2.30. The molecule has 0 saturated heterocycles. The van der Waals surface area contributed by atoms with Crippen LogP contribution in [0.25, 0.3) is 0 Å². The number of hydrogen-bond donors (Lipinski definition) is 1. The SMILES string of the molecule is CCN(CC)C(=O)c1cccc(NC(=O)CCC(=O)OCCc2ccccc2)c1. The van der Waals surface area contributed by atoms with Crippen LogP contribution in [0.3, 0.4) is 0 Å². The summed E-state index contributed by atoms with van der Waals surface area (Å²) in [5, 5.41) is 2.73. The van der Waals surface area contributed by atoms with Gasteiger partial charge in [0.2, 0.25) is 5.91 Å². The van der Waals surface area contributed by atoms with Crippen LogP contribution in [0.1, 0.15) is 42.6 Å². The number of rotatable bonds is 10. The molecule has 0 aliphatic carbocycles. The number of benzene rings is 2. The van der Waals surface area contributed by atoms with E-state index in [1.165, 1.54) is 0 Å². The first-order valence-electron chi connectivity index (χ1n) is 9.92. The van der Waals surface area contributed by atoms with E-state index >= 15 is 0 Å². The Morgan fingerprint density at radius 1 is 0.931 bits per heavy atom. The summed E-state index contributed by atoms with van der Waals surface area (Å²) in [7, 11) is 0. The van der Waals surface area contributed by atoms with Crippen LogP contribution in [-0.2, 0) is 20.7 Å². The standard InChI is InChI=1S/C23H28N2O4/c1-3-25(4-2)23(28)19-11-8-12-20(17-19)24-21(26)13-14-22(27)29-16-15-18-9-6-5-7-10-18/h5-12,17H,3-4,13-16H2,1-2H3,(H,24,26). The fourth-order valence-electron chi connectivity index (χ4n) is 2.86. The maximum Gasteiger partial charge on any atom is 0.306 e. The van der Waals surface area contributed by atoms with Crippen molar-refractivity contribution in [3.63, 3.8) is 0 Å². The van der Waals surface area contributed by atoms with Crippen molar-refractivity contribution >= 4 is 23.5 Å². The highest BCUT2D eigenvalue weighted by Crippen LogP contribution is 2.13. The molecule has 0 unspecified atom stereocenters. The minimum absolute atomic E-state index is 0.0126. The van der Waals surface area contributed by atoms with E-state index in [4.69, 9.17) is 4.74 Å². The maximum atomic E-state index is 12.4. The summed E-state index contributed by atoms with van der Waals surface area (Å²) in [4.78, 5) is 38.1. The molecule has 1 N–H and O–H groups in total. The van der Waals surface area contributed by atoms with Gasteiger partial charge in [-0.25, -0.2) is 0 Å². The Kier molecular flexibility index (Phi) is 8.89. The first-order chi connectivity index (χ1) is 14.0. The van der Waals surface area contributed by atoms with E-state index < -0.39 is 5.97 Å². The molecule has 6 nitrogen and oxygen atoms in total. The Balaban J connectivity index is 1.76. The van der Waals surface area contributed by atoms with Gasteiger partial charge in [-0.2, -0.15) is 0 Å². The summed E-state index contributed by atoms with van der Waals surface area (Å²) in [5.41, 5.74) is 2.15. The molecular weight excluding hydrogens is 368 g/mol. The van der Waals surface area contributed by atoms with Gasteiger partial charge in [-0.05, 0) is 37.6 Å². The number of ether oxygens (including phenoxy) is 1. The molecule has 0 fully saturated rings. The number of carbonyl (C=O) groups is 3. The van der Waals surface area contributed by atoms with Crippen molar-refractivity contribution in [1.29, 1.82) is 0 Å². The summed E-state index contributed by atoms with van der Waals surface area (Å²) in [5.74, 6) is -0.771. The molecule has 0 aromatic heterocycles. The molecule has 0 atom stereocenters. The Hall–Kier alpha value is -3.15. The topological polar surface area (TPSA) is 75.7 Å². The van der Waals surface area contributed by atoms with Gasteiger partial charge in [-0.3, -0.25) is 14.4 Å². The molecule has 0 bridgehead atoms. The molecule has 0 aliphatic rings. The highest BCUT2D eigenvalue weighted by molar-refractivity contribution is 5.97. The average Bonchev–Trinajstić information content (AvgIpc) is 2.74. The third kappa shape index (κ3) is 7.41. The third-order valence-corrected chi connectivity index (χ3v) is 4.50. The first-order valence-corrected chi connectivity index (χ1v) is 9.92. The second kappa shape index (κ2) is 11.6. The van der Waals surface area contributed by atoms with E-state index in [2.05, 4.69) is 5.32 Å².